The Morgan fingerprint density at radius 2 is 0.812 bits per heavy atom. The molecule has 0 aromatic heterocycles. The van der Waals surface area contributed by atoms with Crippen molar-refractivity contribution >= 4 is 127 Å². The Hall–Kier alpha value is -2.65. The van der Waals surface area contributed by atoms with Gasteiger partial charge in [0, 0.05) is 58.5 Å². The van der Waals surface area contributed by atoms with Crippen molar-refractivity contribution in [1.82, 2.24) is 20.3 Å². The first-order valence-electron chi connectivity index (χ1n) is 12.0. The number of hydrogen-bond donors (Lipinski definition) is 2. The van der Waals surface area contributed by atoms with Gasteiger partial charge in [0.15, 0.2) is 0 Å². The van der Waals surface area contributed by atoms with Crippen LogP contribution in [0.5, 0.6) is 0 Å². The number of nitrogens with zero attached hydrogens (tertiary/aromatic N) is 4. The number of carbonyl (C=O) groups is 11. The van der Waals surface area contributed by atoms with E-state index in [0.29, 0.717) is 18.3 Å². The molecule has 22 nitrogen and oxygen atoms in total. The first kappa shape index (κ1) is 49.7. The molecule has 4 heterocycles. The topological polar surface area (TPSA) is 298 Å². The van der Waals surface area contributed by atoms with Gasteiger partial charge in [-0.05, 0) is 0 Å². The summed E-state index contributed by atoms with van der Waals surface area (Å²) in [5.74, 6) is -8.51. The second-order valence-electron chi connectivity index (χ2n) is 7.70. The molecular weight excluding hydrogens is 1120 g/mol. The van der Waals surface area contributed by atoms with Crippen LogP contribution in [0.25, 0.3) is 0 Å². The molecule has 0 aliphatic carbocycles. The van der Waals surface area contributed by atoms with Gasteiger partial charge in [0.1, 0.15) is 0 Å². The van der Waals surface area contributed by atoms with Gasteiger partial charge >= 0.3 is 79.9 Å². The third kappa shape index (κ3) is 17.1. The third-order valence-electron chi connectivity index (χ3n) is 4.89. The van der Waals surface area contributed by atoms with Gasteiger partial charge in [-0.3, -0.25) is 48.4 Å². The van der Waals surface area contributed by atoms with Crippen molar-refractivity contribution < 1.29 is 100 Å². The summed E-state index contributed by atoms with van der Waals surface area (Å²) in [6.07, 6.45) is -1.15. The number of imide groups is 4. The number of amides is 8. The Morgan fingerprint density at radius 3 is 1.00 bits per heavy atom. The maximum atomic E-state index is 11.3. The summed E-state index contributed by atoms with van der Waals surface area (Å²) in [5.41, 5.74) is 0. The van der Waals surface area contributed by atoms with Crippen molar-refractivity contribution in [2.75, 3.05) is 14.2 Å². The van der Waals surface area contributed by atoms with Gasteiger partial charge in [-0.25, -0.2) is 14.4 Å². The van der Waals surface area contributed by atoms with Crippen molar-refractivity contribution in [3.63, 3.8) is 0 Å². The van der Waals surface area contributed by atoms with Gasteiger partial charge in [0.05, 0.1) is 7.11 Å². The Morgan fingerprint density at radius 1 is 0.604 bits per heavy atom. The second kappa shape index (κ2) is 27.2. The van der Waals surface area contributed by atoms with E-state index in [4.69, 9.17) is 15.0 Å². The van der Waals surface area contributed by atoms with Crippen LogP contribution in [0.15, 0.2) is 0 Å². The van der Waals surface area contributed by atoms with Crippen LogP contribution in [0.2, 0.25) is 0 Å². The summed E-state index contributed by atoms with van der Waals surface area (Å²) in [5, 5.41) is 16.3. The molecule has 48 heavy (non-hydrogen) atoms. The summed E-state index contributed by atoms with van der Waals surface area (Å²) >= 11 is 5.30. The molecule has 0 atom stereocenters. The van der Waals surface area contributed by atoms with E-state index >= 15 is 0 Å². The number of halogens is 4. The van der Waals surface area contributed by atoms with Gasteiger partial charge in [0.2, 0.25) is 0 Å². The van der Waals surface area contributed by atoms with E-state index in [1.54, 1.807) is 0 Å². The first-order valence-corrected chi connectivity index (χ1v) is 24.6. The van der Waals surface area contributed by atoms with Crippen LogP contribution < -0.4 is 13.3 Å². The molecule has 4 saturated heterocycles. The fourth-order valence-corrected chi connectivity index (χ4v) is 2.89. The fraction of sp³-hybridized carbons (Fsp3) is 0.455. The molecule has 0 bridgehead atoms. The van der Waals surface area contributed by atoms with Crippen molar-refractivity contribution in [3.05, 3.63) is 6.65 Å². The first-order chi connectivity index (χ1) is 22.2. The molecule has 4 fully saturated rings. The molecule has 4 aliphatic heterocycles. The zero-order valence-electron chi connectivity index (χ0n) is 24.4. The van der Waals surface area contributed by atoms with E-state index in [1.165, 1.54) is 0 Å². The molecule has 0 saturated carbocycles. The van der Waals surface area contributed by atoms with Crippen LogP contribution in [0.1, 0.15) is 51.4 Å². The maximum absolute atomic E-state index is 11.3. The van der Waals surface area contributed by atoms with Gasteiger partial charge in [0.25, 0.3) is 47.3 Å². The van der Waals surface area contributed by atoms with Crippen LogP contribution in [0, 0.1) is 6.65 Å². The summed E-state index contributed by atoms with van der Waals surface area (Å²) in [6, 6.07) is 0. The van der Waals surface area contributed by atoms with Crippen molar-refractivity contribution in [2.24, 2.45) is 0 Å². The van der Waals surface area contributed by atoms with Crippen LogP contribution in [-0.2, 0) is 71.8 Å². The predicted molar refractivity (Wildman–Crippen MR) is 167 cm³/mol. The minimum absolute atomic E-state index is 0. The second-order valence-corrected chi connectivity index (χ2v) is 23.9. The molecule has 0 unspecified atom stereocenters. The van der Waals surface area contributed by atoms with Crippen molar-refractivity contribution in [2.45, 2.75) is 51.4 Å². The van der Waals surface area contributed by atoms with E-state index in [0.717, 1.165) is 14.2 Å². The summed E-state index contributed by atoms with van der Waals surface area (Å²) in [7, 11) is 2.09. The minimum atomic E-state index is -1.68. The number of hydroxylamine groups is 8. The van der Waals surface area contributed by atoms with Crippen LogP contribution in [0.4, 0.5) is 4.79 Å². The average Bonchev–Trinajstić information content (AvgIpc) is 3.76. The number of hydrogen-bond acceptors (Lipinski definition) is 17. The molecule has 4 aliphatic rings. The quantitative estimate of drug-likeness (QED) is 0.0528. The molecule has 0 radical (unpaired) electrons. The Kier molecular flexibility index (Phi) is 28.2. The SMILES string of the molecule is CO.COC(=O)ON1C(=O)CCC1=O.I.I[I-]I.O=C(ON1C(=O)CCC1=O)C(=O)ON1C(=O)CCC1=O.O=C1CCC(=O)N1O.[C-]#[O+]. The number of aliphatic hydroxyl groups excluding tert-OH is 1. The molecular formula is C22H25I4N4O18-. The van der Waals surface area contributed by atoms with E-state index in [9.17, 15) is 52.7 Å². The standard InChI is InChI=1S/C10H8N2O8.C6H7NO5.C4H5NO3.CH4O.CO.I3.HI/c13-5-1-2-6(14)11(5)19-9(17)10(18)20-12-7(15)3-4-8(12)16;1-11-6(10)12-7-4(8)2-3-5(7)9;6-3-1-2-4(7)5(3)8;2*1-2;1-3-2;/h1-4H2;2-3H2,1H3;8H,1-2H2;2H,1H3;;;1H/q;;;;;-1;. The van der Waals surface area contributed by atoms with Crippen molar-refractivity contribution in [1.29, 1.82) is 0 Å². The summed E-state index contributed by atoms with van der Waals surface area (Å²) in [6.45, 7) is 4.50. The molecule has 0 aromatic rings. The van der Waals surface area contributed by atoms with Gasteiger partial charge < -0.3 is 19.5 Å². The van der Waals surface area contributed by atoms with Crippen molar-refractivity contribution in [3.8, 4) is 0 Å². The normalized spacial score (nSPS) is 16.0. The van der Waals surface area contributed by atoms with Crippen LogP contribution in [-0.4, -0.2) is 110 Å². The monoisotopic (exact) mass is 1140 g/mol. The Balaban J connectivity index is -0.000000617. The average molecular weight is 1140 g/mol. The van der Waals surface area contributed by atoms with Gasteiger partial charge in [-0.2, -0.15) is 5.06 Å². The molecule has 4 rings (SSSR count). The molecule has 270 valence electrons. The van der Waals surface area contributed by atoms with Gasteiger partial charge in [-0.1, -0.05) is 5.06 Å². The number of ether oxygens (including phenoxy) is 1. The molecule has 2 N–H and O–H groups in total. The number of methoxy groups -OCH3 is 1. The van der Waals surface area contributed by atoms with Crippen LogP contribution >= 0.6 is 61.2 Å². The summed E-state index contributed by atoms with van der Waals surface area (Å²) < 4.78 is 11.6. The fourth-order valence-electron chi connectivity index (χ4n) is 2.89. The molecule has 0 aromatic carbocycles. The van der Waals surface area contributed by atoms with E-state index in [1.807, 2.05) is 0 Å². The molecule has 8 amide bonds. The van der Waals surface area contributed by atoms with Gasteiger partial charge in [-0.15, -0.1) is 34.1 Å². The van der Waals surface area contributed by atoms with Crippen LogP contribution in [0.3, 0.4) is 0 Å². The molecule has 26 heteroatoms. The van der Waals surface area contributed by atoms with E-state index < -0.39 is 65.4 Å². The summed E-state index contributed by atoms with van der Waals surface area (Å²) in [4.78, 5) is 133. The predicted octanol–water partition coefficient (Wildman–Crippen LogP) is -3.48. The Bertz CT molecular complexity index is 1150. The number of aliphatic hydroxyl groups is 1. The zero-order valence-corrected chi connectivity index (χ0v) is 33.2. The third-order valence-corrected chi connectivity index (χ3v) is 4.89. The Labute approximate surface area is 316 Å². The molecule has 0 spiro atoms. The zero-order chi connectivity index (χ0) is 36.9. The number of rotatable bonds is 3. The van der Waals surface area contributed by atoms with E-state index in [2.05, 4.69) is 63.1 Å². The van der Waals surface area contributed by atoms with E-state index in [-0.39, 0.29) is 90.5 Å². The number of carbonyl (C=O) groups excluding carboxylic acids is 11.